The number of hydrogen-bond donors (Lipinski definition) is 1. The van der Waals surface area contributed by atoms with Gasteiger partial charge in [-0.2, -0.15) is 0 Å². The molecule has 5 nitrogen and oxygen atoms in total. The molecule has 2 aliphatic rings. The monoisotopic (exact) mass is 463 g/mol. The minimum Gasteiger partial charge on any atom is -0.493 e. The lowest BCUT2D eigenvalue weighted by Crippen LogP contribution is -2.43. The van der Waals surface area contributed by atoms with E-state index in [4.69, 9.17) is 9.47 Å². The molecule has 2 aromatic carbocycles. The molecule has 1 atom stereocenters. The van der Waals surface area contributed by atoms with E-state index in [9.17, 15) is 9.59 Å². The van der Waals surface area contributed by atoms with Gasteiger partial charge in [-0.15, -0.1) is 0 Å². The van der Waals surface area contributed by atoms with E-state index in [1.165, 1.54) is 39.2 Å². The lowest BCUT2D eigenvalue weighted by atomic mass is 9.77. The highest BCUT2D eigenvalue weighted by atomic mass is 16.5. The summed E-state index contributed by atoms with van der Waals surface area (Å²) in [4.78, 5) is 25.4. The van der Waals surface area contributed by atoms with Crippen LogP contribution in [0.4, 0.5) is 0 Å². The number of amides is 1. The van der Waals surface area contributed by atoms with Gasteiger partial charge < -0.3 is 14.8 Å². The zero-order chi connectivity index (χ0) is 24.0. The van der Waals surface area contributed by atoms with E-state index in [0.717, 1.165) is 49.2 Å². The molecule has 0 aliphatic heterocycles. The first kappa shape index (κ1) is 24.3. The SMILES string of the molecule is COC(=O)c1ccc(C(C)NC(=O)C2(c3cccc(OCC4CCCCC4)c3)CCCC2)cc1. The minimum absolute atomic E-state index is 0.0685. The van der Waals surface area contributed by atoms with E-state index < -0.39 is 5.41 Å². The van der Waals surface area contributed by atoms with Gasteiger partial charge in [-0.1, -0.05) is 56.4 Å². The van der Waals surface area contributed by atoms with Crippen molar-refractivity contribution in [2.75, 3.05) is 13.7 Å². The Kier molecular flexibility index (Phi) is 7.91. The van der Waals surface area contributed by atoms with Gasteiger partial charge in [0.2, 0.25) is 5.91 Å². The van der Waals surface area contributed by atoms with Crippen molar-refractivity contribution in [1.29, 1.82) is 0 Å². The smallest absolute Gasteiger partial charge is 0.337 e. The Morgan fingerprint density at radius 2 is 1.71 bits per heavy atom. The average Bonchev–Trinajstić information content (AvgIpc) is 3.39. The first-order valence-electron chi connectivity index (χ1n) is 12.7. The average molecular weight is 464 g/mol. The number of nitrogens with one attached hydrogen (secondary N) is 1. The highest BCUT2D eigenvalue weighted by Crippen LogP contribution is 2.43. The Bertz CT molecular complexity index is 972. The molecular weight excluding hydrogens is 426 g/mol. The standard InChI is InChI=1S/C29H37NO4/c1-21(23-13-15-24(16-14-23)27(31)33-2)30-28(32)29(17-6-7-18-29)25-11-8-12-26(19-25)34-20-22-9-4-3-5-10-22/h8,11-16,19,21-22H,3-7,9-10,17-18,20H2,1-2H3,(H,30,32). The number of methoxy groups -OCH3 is 1. The fourth-order valence-electron chi connectivity index (χ4n) is 5.52. The Hall–Kier alpha value is -2.82. The number of esters is 1. The summed E-state index contributed by atoms with van der Waals surface area (Å²) in [6.45, 7) is 2.75. The second kappa shape index (κ2) is 11.1. The van der Waals surface area contributed by atoms with E-state index in [-0.39, 0.29) is 17.9 Å². The lowest BCUT2D eigenvalue weighted by Gasteiger charge is -2.30. The highest BCUT2D eigenvalue weighted by molar-refractivity contribution is 5.90. The van der Waals surface area contributed by atoms with Crippen molar-refractivity contribution in [3.8, 4) is 5.75 Å². The number of carbonyl (C=O) groups excluding carboxylic acids is 2. The van der Waals surface area contributed by atoms with Crippen molar-refractivity contribution in [2.24, 2.45) is 5.92 Å². The molecule has 2 aromatic rings. The van der Waals surface area contributed by atoms with Crippen LogP contribution in [0, 0.1) is 5.92 Å². The van der Waals surface area contributed by atoms with Gasteiger partial charge in [0.1, 0.15) is 5.75 Å². The van der Waals surface area contributed by atoms with E-state index in [1.807, 2.05) is 31.2 Å². The number of carbonyl (C=O) groups is 2. The molecule has 2 aliphatic carbocycles. The van der Waals surface area contributed by atoms with Gasteiger partial charge in [0.05, 0.1) is 30.7 Å². The van der Waals surface area contributed by atoms with Crippen LogP contribution >= 0.6 is 0 Å². The van der Waals surface area contributed by atoms with Crippen LogP contribution in [0.5, 0.6) is 5.75 Å². The van der Waals surface area contributed by atoms with Crippen molar-refractivity contribution < 1.29 is 19.1 Å². The Morgan fingerprint density at radius 1 is 1.00 bits per heavy atom. The summed E-state index contributed by atoms with van der Waals surface area (Å²) in [5, 5.41) is 3.25. The largest absolute Gasteiger partial charge is 0.493 e. The predicted octanol–water partition coefficient (Wildman–Crippen LogP) is 6.12. The lowest BCUT2D eigenvalue weighted by molar-refractivity contribution is -0.127. The van der Waals surface area contributed by atoms with Crippen molar-refractivity contribution in [1.82, 2.24) is 5.32 Å². The summed E-state index contributed by atoms with van der Waals surface area (Å²) in [7, 11) is 1.37. The second-order valence-electron chi connectivity index (χ2n) is 9.94. The van der Waals surface area contributed by atoms with Crippen molar-refractivity contribution in [3.63, 3.8) is 0 Å². The van der Waals surface area contributed by atoms with E-state index in [0.29, 0.717) is 11.5 Å². The summed E-state index contributed by atoms with van der Waals surface area (Å²) in [6, 6.07) is 15.3. The van der Waals surface area contributed by atoms with Crippen molar-refractivity contribution in [2.45, 2.75) is 76.2 Å². The van der Waals surface area contributed by atoms with Gasteiger partial charge in [-0.25, -0.2) is 4.79 Å². The third kappa shape index (κ3) is 5.45. The third-order valence-corrected chi connectivity index (χ3v) is 7.67. The maximum atomic E-state index is 13.7. The van der Waals surface area contributed by atoms with E-state index >= 15 is 0 Å². The first-order valence-corrected chi connectivity index (χ1v) is 12.7. The second-order valence-corrected chi connectivity index (χ2v) is 9.94. The fourth-order valence-corrected chi connectivity index (χ4v) is 5.52. The van der Waals surface area contributed by atoms with Crippen LogP contribution in [0.1, 0.15) is 92.2 Å². The molecule has 2 fully saturated rings. The van der Waals surface area contributed by atoms with Crippen LogP contribution in [-0.4, -0.2) is 25.6 Å². The number of ether oxygens (including phenoxy) is 2. The Labute approximate surface area is 203 Å². The summed E-state index contributed by atoms with van der Waals surface area (Å²) < 4.78 is 11.0. The van der Waals surface area contributed by atoms with Crippen LogP contribution in [0.3, 0.4) is 0 Å². The topological polar surface area (TPSA) is 64.6 Å². The molecule has 1 amide bonds. The maximum Gasteiger partial charge on any atom is 0.337 e. The first-order chi connectivity index (χ1) is 16.5. The normalized spacial score (nSPS) is 18.8. The predicted molar refractivity (Wildman–Crippen MR) is 133 cm³/mol. The van der Waals surface area contributed by atoms with Gasteiger partial charge in [0.25, 0.3) is 0 Å². The maximum absolute atomic E-state index is 13.7. The number of rotatable bonds is 8. The van der Waals surface area contributed by atoms with Crippen LogP contribution in [0.2, 0.25) is 0 Å². The molecule has 4 rings (SSSR count). The van der Waals surface area contributed by atoms with E-state index in [2.05, 4.69) is 17.4 Å². The Balaban J connectivity index is 1.46. The molecule has 182 valence electrons. The quantitative estimate of drug-likeness (QED) is 0.479. The number of benzene rings is 2. The minimum atomic E-state index is -0.523. The van der Waals surface area contributed by atoms with Crippen LogP contribution in [0.15, 0.2) is 48.5 Å². The van der Waals surface area contributed by atoms with Crippen LogP contribution in [-0.2, 0) is 14.9 Å². The summed E-state index contributed by atoms with van der Waals surface area (Å²) in [5.41, 5.74) is 1.99. The zero-order valence-corrected chi connectivity index (χ0v) is 20.5. The van der Waals surface area contributed by atoms with Crippen LogP contribution < -0.4 is 10.1 Å². The molecule has 2 saturated carbocycles. The highest BCUT2D eigenvalue weighted by Gasteiger charge is 2.43. The van der Waals surface area contributed by atoms with Crippen molar-refractivity contribution in [3.05, 3.63) is 65.2 Å². The zero-order valence-electron chi connectivity index (χ0n) is 20.5. The summed E-state index contributed by atoms with van der Waals surface area (Å²) >= 11 is 0. The van der Waals surface area contributed by atoms with Crippen LogP contribution in [0.25, 0.3) is 0 Å². The molecule has 0 saturated heterocycles. The van der Waals surface area contributed by atoms with E-state index in [1.54, 1.807) is 12.1 Å². The van der Waals surface area contributed by atoms with Gasteiger partial charge >= 0.3 is 5.97 Å². The summed E-state index contributed by atoms with van der Waals surface area (Å²) in [5.74, 6) is 1.22. The van der Waals surface area contributed by atoms with Gasteiger partial charge in [0, 0.05) is 0 Å². The Morgan fingerprint density at radius 3 is 2.38 bits per heavy atom. The van der Waals surface area contributed by atoms with Gasteiger partial charge in [-0.05, 0) is 73.9 Å². The molecule has 5 heteroatoms. The number of hydrogen-bond acceptors (Lipinski definition) is 4. The molecule has 34 heavy (non-hydrogen) atoms. The molecule has 1 unspecified atom stereocenters. The molecule has 0 heterocycles. The molecule has 0 spiro atoms. The third-order valence-electron chi connectivity index (χ3n) is 7.67. The molecule has 1 N–H and O–H groups in total. The molecule has 0 bridgehead atoms. The fraction of sp³-hybridized carbons (Fsp3) is 0.517. The van der Waals surface area contributed by atoms with Gasteiger partial charge in [-0.3, -0.25) is 4.79 Å². The molecular formula is C29H37NO4. The molecule has 0 aromatic heterocycles. The van der Waals surface area contributed by atoms with Crippen molar-refractivity contribution >= 4 is 11.9 Å². The summed E-state index contributed by atoms with van der Waals surface area (Å²) in [6.07, 6.45) is 10.2. The van der Waals surface area contributed by atoms with Gasteiger partial charge in [0.15, 0.2) is 0 Å². The molecule has 0 radical (unpaired) electrons.